The second-order valence-corrected chi connectivity index (χ2v) is 8.03. The van der Waals surface area contributed by atoms with Crippen LogP contribution in [0.3, 0.4) is 0 Å². The third kappa shape index (κ3) is 1.45. The van der Waals surface area contributed by atoms with Gasteiger partial charge < -0.3 is 4.57 Å². The standard InChI is InChI=1S/C11H15N2OP/c1-8-11(6-12-7-13-8)15(14,9-2-3-9)10-4-5-10/h6-7,9-10H,2-5H2,1H3. The normalized spacial score (nSPS) is 21.7. The monoisotopic (exact) mass is 222 g/mol. The number of aryl methyl sites for hydroxylation is 1. The zero-order chi connectivity index (χ0) is 10.5. The quantitative estimate of drug-likeness (QED) is 0.735. The lowest BCUT2D eigenvalue weighted by molar-refractivity contribution is 0.579. The van der Waals surface area contributed by atoms with Gasteiger partial charge in [0, 0.05) is 17.5 Å². The van der Waals surface area contributed by atoms with Gasteiger partial charge in [-0.25, -0.2) is 9.97 Å². The first-order valence-electron chi connectivity index (χ1n) is 5.59. The topological polar surface area (TPSA) is 42.9 Å². The third-order valence-corrected chi connectivity index (χ3v) is 7.84. The van der Waals surface area contributed by atoms with Crippen LogP contribution in [-0.2, 0) is 4.57 Å². The molecule has 2 fully saturated rings. The van der Waals surface area contributed by atoms with Crippen LogP contribution in [-0.4, -0.2) is 21.3 Å². The van der Waals surface area contributed by atoms with Gasteiger partial charge in [0.2, 0.25) is 0 Å². The van der Waals surface area contributed by atoms with Crippen LogP contribution in [0.4, 0.5) is 0 Å². The fourth-order valence-electron chi connectivity index (χ4n) is 2.33. The molecule has 80 valence electrons. The van der Waals surface area contributed by atoms with E-state index in [-0.39, 0.29) is 0 Å². The van der Waals surface area contributed by atoms with Crippen LogP contribution in [0, 0.1) is 6.92 Å². The van der Waals surface area contributed by atoms with Crippen molar-refractivity contribution < 1.29 is 4.57 Å². The molecule has 0 spiro atoms. The minimum Gasteiger partial charge on any atom is -0.318 e. The molecule has 0 atom stereocenters. The van der Waals surface area contributed by atoms with Crippen molar-refractivity contribution in [2.24, 2.45) is 0 Å². The van der Waals surface area contributed by atoms with Gasteiger partial charge in [0.05, 0.1) is 11.0 Å². The molecule has 4 heteroatoms. The summed E-state index contributed by atoms with van der Waals surface area (Å²) in [5.74, 6) is 0. The SMILES string of the molecule is Cc1ncncc1P(=O)(C1CC1)C1CC1. The number of hydrogen-bond acceptors (Lipinski definition) is 3. The second-order valence-electron chi connectivity index (χ2n) is 4.67. The first-order valence-corrected chi connectivity index (χ1v) is 7.44. The molecule has 0 bridgehead atoms. The summed E-state index contributed by atoms with van der Waals surface area (Å²) in [7, 11) is -2.16. The summed E-state index contributed by atoms with van der Waals surface area (Å²) in [4.78, 5) is 8.23. The Kier molecular flexibility index (Phi) is 2.00. The van der Waals surface area contributed by atoms with E-state index in [0.717, 1.165) is 36.7 Å². The molecule has 2 aliphatic carbocycles. The Balaban J connectivity index is 2.09. The maximum Gasteiger partial charge on any atom is 0.124 e. The van der Waals surface area contributed by atoms with E-state index in [1.54, 1.807) is 12.5 Å². The van der Waals surface area contributed by atoms with Crippen LogP contribution in [0.2, 0.25) is 0 Å². The molecule has 0 radical (unpaired) electrons. The lowest BCUT2D eigenvalue weighted by Gasteiger charge is -2.18. The Morgan fingerprint density at radius 3 is 2.33 bits per heavy atom. The van der Waals surface area contributed by atoms with Crippen molar-refractivity contribution in [1.82, 2.24) is 9.97 Å². The number of hydrogen-bond donors (Lipinski definition) is 0. The average Bonchev–Trinajstić information content (AvgIpc) is 3.06. The number of rotatable bonds is 3. The smallest absolute Gasteiger partial charge is 0.124 e. The Morgan fingerprint density at radius 1 is 1.27 bits per heavy atom. The van der Waals surface area contributed by atoms with E-state index in [0.29, 0.717) is 11.3 Å². The Hall–Kier alpha value is -0.690. The van der Waals surface area contributed by atoms with Crippen molar-refractivity contribution in [3.63, 3.8) is 0 Å². The van der Waals surface area contributed by atoms with Crippen LogP contribution in [0.25, 0.3) is 0 Å². The highest BCUT2D eigenvalue weighted by atomic mass is 31.2. The maximum absolute atomic E-state index is 13.1. The molecule has 15 heavy (non-hydrogen) atoms. The van der Waals surface area contributed by atoms with Gasteiger partial charge in [-0.2, -0.15) is 0 Å². The molecular formula is C11H15N2OP. The van der Waals surface area contributed by atoms with E-state index in [2.05, 4.69) is 9.97 Å². The Morgan fingerprint density at radius 2 is 1.87 bits per heavy atom. The van der Waals surface area contributed by atoms with E-state index >= 15 is 0 Å². The second kappa shape index (κ2) is 3.15. The van der Waals surface area contributed by atoms with Gasteiger partial charge >= 0.3 is 0 Å². The van der Waals surface area contributed by atoms with Gasteiger partial charge in [0.1, 0.15) is 13.5 Å². The summed E-state index contributed by atoms with van der Waals surface area (Å²) in [6, 6.07) is 0. The Labute approximate surface area is 89.7 Å². The van der Waals surface area contributed by atoms with Crippen molar-refractivity contribution >= 4 is 12.4 Å². The molecule has 0 aliphatic heterocycles. The first kappa shape index (κ1) is 9.53. The molecular weight excluding hydrogens is 207 g/mol. The highest BCUT2D eigenvalue weighted by Gasteiger charge is 2.52. The van der Waals surface area contributed by atoms with Crippen LogP contribution < -0.4 is 5.30 Å². The lowest BCUT2D eigenvalue weighted by Crippen LogP contribution is -2.17. The molecule has 1 heterocycles. The predicted octanol–water partition coefficient (Wildman–Crippen LogP) is 2.10. The van der Waals surface area contributed by atoms with E-state index in [9.17, 15) is 4.57 Å². The van der Waals surface area contributed by atoms with Crippen molar-refractivity contribution in [3.8, 4) is 0 Å². The van der Waals surface area contributed by atoms with Gasteiger partial charge in [-0.1, -0.05) is 0 Å². The van der Waals surface area contributed by atoms with Crippen molar-refractivity contribution in [2.75, 3.05) is 0 Å². The molecule has 0 aromatic carbocycles. The summed E-state index contributed by atoms with van der Waals surface area (Å²) in [6.45, 7) is 1.95. The third-order valence-electron chi connectivity index (χ3n) is 3.44. The van der Waals surface area contributed by atoms with E-state index in [1.165, 1.54) is 0 Å². The van der Waals surface area contributed by atoms with Crippen LogP contribution in [0.1, 0.15) is 31.4 Å². The summed E-state index contributed by atoms with van der Waals surface area (Å²) in [6.07, 6.45) is 7.90. The maximum atomic E-state index is 13.1. The molecule has 0 unspecified atom stereocenters. The number of nitrogens with zero attached hydrogens (tertiary/aromatic N) is 2. The van der Waals surface area contributed by atoms with E-state index in [1.807, 2.05) is 6.92 Å². The van der Waals surface area contributed by atoms with Crippen molar-refractivity contribution in [3.05, 3.63) is 18.2 Å². The van der Waals surface area contributed by atoms with Gasteiger partial charge in [-0.15, -0.1) is 0 Å². The zero-order valence-corrected chi connectivity index (χ0v) is 9.78. The summed E-state index contributed by atoms with van der Waals surface area (Å²) >= 11 is 0. The molecule has 2 saturated carbocycles. The van der Waals surface area contributed by atoms with Crippen LogP contribution in [0.15, 0.2) is 12.5 Å². The van der Waals surface area contributed by atoms with Gasteiger partial charge in [0.15, 0.2) is 0 Å². The van der Waals surface area contributed by atoms with Crippen LogP contribution >= 0.6 is 7.14 Å². The molecule has 0 N–H and O–H groups in total. The molecule has 1 aromatic heterocycles. The fraction of sp³-hybridized carbons (Fsp3) is 0.636. The average molecular weight is 222 g/mol. The van der Waals surface area contributed by atoms with Gasteiger partial charge in [-0.05, 0) is 32.6 Å². The lowest BCUT2D eigenvalue weighted by atomic mass is 10.5. The Bertz CT molecular complexity index is 422. The van der Waals surface area contributed by atoms with Crippen molar-refractivity contribution in [2.45, 2.75) is 43.9 Å². The molecule has 3 nitrogen and oxygen atoms in total. The largest absolute Gasteiger partial charge is 0.318 e. The molecule has 2 aliphatic rings. The summed E-state index contributed by atoms with van der Waals surface area (Å²) in [5.41, 5.74) is 1.83. The number of aromatic nitrogens is 2. The highest BCUT2D eigenvalue weighted by molar-refractivity contribution is 7.73. The highest BCUT2D eigenvalue weighted by Crippen LogP contribution is 2.69. The summed E-state index contributed by atoms with van der Waals surface area (Å²) in [5, 5.41) is 0.968. The molecule has 1 aromatic rings. The van der Waals surface area contributed by atoms with Crippen molar-refractivity contribution in [1.29, 1.82) is 0 Å². The van der Waals surface area contributed by atoms with Crippen LogP contribution in [0.5, 0.6) is 0 Å². The van der Waals surface area contributed by atoms with Gasteiger partial charge in [-0.3, -0.25) is 0 Å². The van der Waals surface area contributed by atoms with E-state index in [4.69, 9.17) is 0 Å². The minimum absolute atomic E-state index is 0.453. The molecule has 0 amide bonds. The van der Waals surface area contributed by atoms with Gasteiger partial charge in [0.25, 0.3) is 0 Å². The summed E-state index contributed by atoms with van der Waals surface area (Å²) < 4.78 is 13.1. The molecule has 3 rings (SSSR count). The molecule has 0 saturated heterocycles. The fourth-order valence-corrected chi connectivity index (χ4v) is 6.36. The predicted molar refractivity (Wildman–Crippen MR) is 60.1 cm³/mol. The minimum atomic E-state index is -2.16. The zero-order valence-electron chi connectivity index (χ0n) is 8.89. The van der Waals surface area contributed by atoms with E-state index < -0.39 is 7.14 Å². The first-order chi connectivity index (χ1) is 7.23.